The second-order valence-corrected chi connectivity index (χ2v) is 4.36. The van der Waals surface area contributed by atoms with Crippen molar-refractivity contribution in [2.75, 3.05) is 6.61 Å². The van der Waals surface area contributed by atoms with E-state index in [1.807, 2.05) is 0 Å². The molecule has 0 aromatic carbocycles. The van der Waals surface area contributed by atoms with Gasteiger partial charge in [-0.3, -0.25) is 0 Å². The van der Waals surface area contributed by atoms with Crippen molar-refractivity contribution in [2.24, 2.45) is 0 Å². The van der Waals surface area contributed by atoms with Gasteiger partial charge in [-0.25, -0.2) is 0 Å². The summed E-state index contributed by atoms with van der Waals surface area (Å²) in [6.07, 6.45) is -8.61. The van der Waals surface area contributed by atoms with E-state index in [-0.39, 0.29) is 0 Å². The van der Waals surface area contributed by atoms with Crippen molar-refractivity contribution in [3.63, 3.8) is 0 Å². The van der Waals surface area contributed by atoms with Crippen LogP contribution in [0.1, 0.15) is 0 Å². The lowest BCUT2D eigenvalue weighted by Gasteiger charge is -2.43. The molecule has 1 rings (SSSR count). The first-order chi connectivity index (χ1) is 7.26. The van der Waals surface area contributed by atoms with Crippen molar-refractivity contribution in [3.8, 4) is 0 Å². The molecule has 1 aliphatic rings. The minimum atomic E-state index is -5.41. The normalized spacial score (nSPS) is 41.0. The highest BCUT2D eigenvalue weighted by Crippen LogP contribution is 2.33. The Morgan fingerprint density at radius 1 is 1.19 bits per heavy atom. The van der Waals surface area contributed by atoms with Crippen LogP contribution in [0.3, 0.4) is 0 Å². The highest BCUT2D eigenvalue weighted by atomic mass is 31.2. The van der Waals surface area contributed by atoms with E-state index in [9.17, 15) is 29.7 Å². The zero-order valence-corrected chi connectivity index (χ0v) is 8.77. The predicted molar refractivity (Wildman–Crippen MR) is 42.5 cm³/mol. The Morgan fingerprint density at radius 2 is 1.75 bits per heavy atom. The number of hydrogen-bond donors (Lipinski definition) is 4. The molecule has 0 aromatic rings. The van der Waals surface area contributed by atoms with E-state index in [1.54, 1.807) is 0 Å². The van der Waals surface area contributed by atoms with Crippen molar-refractivity contribution in [1.29, 1.82) is 0 Å². The first-order valence-electron chi connectivity index (χ1n) is 4.27. The van der Waals surface area contributed by atoms with Crippen LogP contribution < -0.4 is 9.79 Å². The summed E-state index contributed by atoms with van der Waals surface area (Å²) in [5.74, 6) is 0. The van der Waals surface area contributed by atoms with Crippen LogP contribution in [0.25, 0.3) is 0 Å². The zero-order chi connectivity index (χ0) is 12.5. The minimum absolute atomic E-state index is 0.743. The van der Waals surface area contributed by atoms with Gasteiger partial charge in [0.1, 0.15) is 24.4 Å². The second kappa shape index (κ2) is 5.05. The van der Waals surface area contributed by atoms with E-state index in [1.165, 1.54) is 0 Å². The topological polar surface area (TPSA) is 163 Å². The Balaban J connectivity index is 2.75. The van der Waals surface area contributed by atoms with Crippen molar-refractivity contribution >= 4 is 7.82 Å². The van der Waals surface area contributed by atoms with Gasteiger partial charge in [-0.2, -0.15) is 0 Å². The molecule has 0 aromatic heterocycles. The van der Waals surface area contributed by atoms with Crippen LogP contribution in [0, 0.1) is 0 Å². The molecular weight excluding hydrogens is 247 g/mol. The van der Waals surface area contributed by atoms with Gasteiger partial charge in [0.25, 0.3) is 0 Å². The molecule has 1 aliphatic heterocycles. The fourth-order valence-corrected chi connectivity index (χ4v) is 1.71. The first kappa shape index (κ1) is 14.0. The Kier molecular flexibility index (Phi) is 4.41. The van der Waals surface area contributed by atoms with E-state index in [2.05, 4.69) is 9.26 Å². The third-order valence-corrected chi connectivity index (χ3v) is 2.55. The molecule has 0 aliphatic carbocycles. The molecule has 96 valence electrons. The van der Waals surface area contributed by atoms with Gasteiger partial charge < -0.3 is 44.0 Å². The van der Waals surface area contributed by atoms with E-state index >= 15 is 0 Å². The molecule has 1 saturated heterocycles. The molecule has 1 heterocycles. The standard InChI is InChI=1S/C6H13O9P/c7-1-2-3(8)4(9)5(10)6(14-2)15-16(11,12)13/h2-10H,1H2,(H2,11,12,13)/p-2/t2?,3?,4?,5?,6-/m1/s1. The molecule has 16 heavy (non-hydrogen) atoms. The molecule has 0 amide bonds. The summed E-state index contributed by atoms with van der Waals surface area (Å²) in [6, 6.07) is 0. The minimum Gasteiger partial charge on any atom is -0.790 e. The summed E-state index contributed by atoms with van der Waals surface area (Å²) < 4.78 is 18.7. The van der Waals surface area contributed by atoms with Gasteiger partial charge in [0, 0.05) is 0 Å². The SMILES string of the molecule is O=P([O-])([O-])O[C@H]1OC(CO)C(O)C(O)C1O. The Morgan fingerprint density at radius 3 is 2.19 bits per heavy atom. The van der Waals surface area contributed by atoms with Gasteiger partial charge in [0.2, 0.25) is 0 Å². The van der Waals surface area contributed by atoms with Crippen LogP contribution in [0.5, 0.6) is 0 Å². The molecule has 10 heteroatoms. The number of phosphoric ester groups is 1. The number of hydrogen-bond acceptors (Lipinski definition) is 9. The van der Waals surface area contributed by atoms with E-state index < -0.39 is 45.1 Å². The lowest BCUT2D eigenvalue weighted by atomic mass is 10.00. The fraction of sp³-hybridized carbons (Fsp3) is 1.00. The zero-order valence-electron chi connectivity index (χ0n) is 7.87. The van der Waals surface area contributed by atoms with Gasteiger partial charge in [-0.15, -0.1) is 0 Å². The molecular formula is C6H11O9P-2. The molecule has 1 fully saturated rings. The quantitative estimate of drug-likeness (QED) is 0.366. The molecule has 9 nitrogen and oxygen atoms in total. The largest absolute Gasteiger partial charge is 0.790 e. The summed E-state index contributed by atoms with van der Waals surface area (Å²) in [5, 5.41) is 36.5. The average Bonchev–Trinajstić information content (AvgIpc) is 2.17. The van der Waals surface area contributed by atoms with E-state index in [4.69, 9.17) is 5.11 Å². The number of phosphoric acid groups is 1. The predicted octanol–water partition coefficient (Wildman–Crippen LogP) is -4.37. The van der Waals surface area contributed by atoms with Crippen LogP contribution in [0.4, 0.5) is 0 Å². The van der Waals surface area contributed by atoms with Gasteiger partial charge in [-0.05, 0) is 0 Å². The van der Waals surface area contributed by atoms with Crippen molar-refractivity contribution in [3.05, 3.63) is 0 Å². The maximum Gasteiger partial charge on any atom is 0.191 e. The van der Waals surface area contributed by atoms with Crippen LogP contribution in [-0.2, 0) is 13.8 Å². The van der Waals surface area contributed by atoms with Crippen molar-refractivity contribution in [2.45, 2.75) is 30.7 Å². The van der Waals surface area contributed by atoms with Crippen LogP contribution in [-0.4, -0.2) is 57.7 Å². The molecule has 5 atom stereocenters. The maximum atomic E-state index is 10.3. The third kappa shape index (κ3) is 3.20. The smallest absolute Gasteiger partial charge is 0.191 e. The van der Waals surface area contributed by atoms with Gasteiger partial charge in [0.05, 0.1) is 14.4 Å². The summed E-state index contributed by atoms with van der Waals surface area (Å²) >= 11 is 0. The lowest BCUT2D eigenvalue weighted by molar-refractivity contribution is -0.368. The first-order valence-corrected chi connectivity index (χ1v) is 5.73. The van der Waals surface area contributed by atoms with Gasteiger partial charge in [0.15, 0.2) is 6.29 Å². The highest BCUT2D eigenvalue weighted by Gasteiger charge is 2.44. The summed E-state index contributed by atoms with van der Waals surface area (Å²) in [5.41, 5.74) is 0. The Labute approximate surface area is 90.1 Å². The summed E-state index contributed by atoms with van der Waals surface area (Å²) in [6.45, 7) is -0.743. The summed E-state index contributed by atoms with van der Waals surface area (Å²) in [7, 11) is -5.41. The third-order valence-electron chi connectivity index (χ3n) is 2.08. The van der Waals surface area contributed by atoms with Gasteiger partial charge >= 0.3 is 0 Å². The highest BCUT2D eigenvalue weighted by molar-refractivity contribution is 7.43. The molecule has 0 spiro atoms. The summed E-state index contributed by atoms with van der Waals surface area (Å²) in [4.78, 5) is 20.6. The monoisotopic (exact) mass is 258 g/mol. The Bertz CT molecular complexity index is 275. The maximum absolute atomic E-state index is 10.3. The molecule has 0 bridgehead atoms. The second-order valence-electron chi connectivity index (χ2n) is 3.25. The molecule has 4 unspecified atom stereocenters. The average molecular weight is 258 g/mol. The molecule has 0 saturated carbocycles. The number of aliphatic hydroxyl groups excluding tert-OH is 4. The number of aliphatic hydroxyl groups is 4. The Hall–Kier alpha value is -0.0900. The van der Waals surface area contributed by atoms with Crippen LogP contribution >= 0.6 is 7.82 Å². The van der Waals surface area contributed by atoms with Crippen molar-refractivity contribution < 1.29 is 44.0 Å². The van der Waals surface area contributed by atoms with Crippen LogP contribution in [0.15, 0.2) is 0 Å². The molecule has 4 N–H and O–H groups in total. The molecule has 0 radical (unpaired) electrons. The fourth-order valence-electron chi connectivity index (χ4n) is 1.28. The van der Waals surface area contributed by atoms with E-state index in [0.717, 1.165) is 0 Å². The lowest BCUT2D eigenvalue weighted by Crippen LogP contribution is -2.59. The van der Waals surface area contributed by atoms with Gasteiger partial charge in [-0.1, -0.05) is 0 Å². The number of rotatable bonds is 3. The van der Waals surface area contributed by atoms with E-state index in [0.29, 0.717) is 0 Å². The van der Waals surface area contributed by atoms with Crippen molar-refractivity contribution in [1.82, 2.24) is 0 Å². The number of ether oxygens (including phenoxy) is 1. The van der Waals surface area contributed by atoms with Crippen LogP contribution in [0.2, 0.25) is 0 Å².